The van der Waals surface area contributed by atoms with E-state index in [1.54, 1.807) is 0 Å². The van der Waals surface area contributed by atoms with Gasteiger partial charge in [-0.15, -0.1) is 0 Å². The lowest BCUT2D eigenvalue weighted by atomic mass is 10.1. The van der Waals surface area contributed by atoms with Crippen molar-refractivity contribution in [2.75, 3.05) is 32.8 Å². The number of β-amino-alcohol motifs (C(OH)–C–C–N with tert-alkyl or cyclic N) is 1. The fourth-order valence-corrected chi connectivity index (χ4v) is 1.81. The number of halogens is 3. The van der Waals surface area contributed by atoms with Crippen molar-refractivity contribution in [2.24, 2.45) is 0 Å². The molecule has 1 rings (SSSR count). The van der Waals surface area contributed by atoms with Gasteiger partial charge in [0.25, 0.3) is 0 Å². The summed E-state index contributed by atoms with van der Waals surface area (Å²) < 4.78 is 39.7. The number of piperidine rings is 1. The molecular weight excluding hydrogens is 223 g/mol. The van der Waals surface area contributed by atoms with Crippen molar-refractivity contribution in [1.82, 2.24) is 4.90 Å². The molecule has 0 spiro atoms. The zero-order valence-electron chi connectivity index (χ0n) is 9.17. The van der Waals surface area contributed by atoms with Crippen molar-refractivity contribution in [1.29, 1.82) is 0 Å². The summed E-state index contributed by atoms with van der Waals surface area (Å²) in [4.78, 5) is 2.06. The zero-order chi connectivity index (χ0) is 12.0. The lowest BCUT2D eigenvalue weighted by molar-refractivity contribution is -0.174. The van der Waals surface area contributed by atoms with Crippen LogP contribution in [-0.4, -0.2) is 55.1 Å². The largest absolute Gasteiger partial charge is 0.411 e. The van der Waals surface area contributed by atoms with Gasteiger partial charge in [0.05, 0.1) is 6.10 Å². The van der Waals surface area contributed by atoms with Crippen LogP contribution >= 0.6 is 0 Å². The van der Waals surface area contributed by atoms with Crippen LogP contribution in [0.25, 0.3) is 0 Å². The molecule has 1 aliphatic rings. The van der Waals surface area contributed by atoms with Crippen molar-refractivity contribution in [3.63, 3.8) is 0 Å². The molecule has 6 heteroatoms. The van der Waals surface area contributed by atoms with Gasteiger partial charge in [-0.05, 0) is 25.8 Å². The van der Waals surface area contributed by atoms with Crippen LogP contribution in [0.3, 0.4) is 0 Å². The summed E-state index contributed by atoms with van der Waals surface area (Å²) in [7, 11) is 0. The molecule has 1 fully saturated rings. The number of hydrogen-bond donors (Lipinski definition) is 1. The lowest BCUT2D eigenvalue weighted by Crippen LogP contribution is -2.39. The van der Waals surface area contributed by atoms with Gasteiger partial charge in [-0.1, -0.05) is 0 Å². The molecule has 0 bridgehead atoms. The van der Waals surface area contributed by atoms with E-state index in [9.17, 15) is 18.3 Å². The van der Waals surface area contributed by atoms with Crippen LogP contribution in [0.15, 0.2) is 0 Å². The highest BCUT2D eigenvalue weighted by Crippen LogP contribution is 2.14. The first-order chi connectivity index (χ1) is 7.47. The molecular formula is C10H18F3NO2. The van der Waals surface area contributed by atoms with E-state index in [1.165, 1.54) is 0 Å². The normalized spacial score (nSPS) is 23.6. The molecule has 0 aromatic carbocycles. The third-order valence-electron chi connectivity index (χ3n) is 2.51. The summed E-state index contributed by atoms with van der Waals surface area (Å²) in [6.07, 6.45) is -2.18. The Labute approximate surface area is 93.2 Å². The van der Waals surface area contributed by atoms with E-state index in [4.69, 9.17) is 0 Å². The highest BCUT2D eigenvalue weighted by molar-refractivity contribution is 4.71. The second kappa shape index (κ2) is 6.42. The van der Waals surface area contributed by atoms with Gasteiger partial charge in [-0.25, -0.2) is 0 Å². The van der Waals surface area contributed by atoms with E-state index in [2.05, 4.69) is 9.64 Å². The SMILES string of the molecule is O[C@H]1CCCN(CCCOCC(F)(F)F)C1. The van der Waals surface area contributed by atoms with Gasteiger partial charge in [-0.2, -0.15) is 13.2 Å². The highest BCUT2D eigenvalue weighted by atomic mass is 19.4. The molecule has 0 saturated carbocycles. The topological polar surface area (TPSA) is 32.7 Å². The summed E-state index contributed by atoms with van der Waals surface area (Å²) in [6, 6.07) is 0. The molecule has 0 aromatic rings. The molecule has 1 heterocycles. The Hall–Kier alpha value is -0.330. The van der Waals surface area contributed by atoms with Crippen LogP contribution in [0.5, 0.6) is 0 Å². The van der Waals surface area contributed by atoms with E-state index >= 15 is 0 Å². The maximum absolute atomic E-state index is 11.7. The first-order valence-electron chi connectivity index (χ1n) is 5.52. The Bertz CT molecular complexity index is 199. The number of rotatable bonds is 5. The van der Waals surface area contributed by atoms with Gasteiger partial charge < -0.3 is 14.7 Å². The molecule has 0 radical (unpaired) electrons. The van der Waals surface area contributed by atoms with Crippen LogP contribution < -0.4 is 0 Å². The number of alkyl halides is 3. The summed E-state index contributed by atoms with van der Waals surface area (Å²) in [5.74, 6) is 0. The Balaban J connectivity index is 1.98. The zero-order valence-corrected chi connectivity index (χ0v) is 9.17. The minimum absolute atomic E-state index is 0.117. The fraction of sp³-hybridized carbons (Fsp3) is 1.00. The minimum Gasteiger partial charge on any atom is -0.392 e. The minimum atomic E-state index is -4.23. The summed E-state index contributed by atoms with van der Waals surface area (Å²) in [5, 5.41) is 9.37. The van der Waals surface area contributed by atoms with E-state index in [0.29, 0.717) is 19.5 Å². The molecule has 0 aromatic heterocycles. The smallest absolute Gasteiger partial charge is 0.392 e. The average Bonchev–Trinajstić information content (AvgIpc) is 2.15. The predicted octanol–water partition coefficient (Wildman–Crippen LogP) is 1.41. The van der Waals surface area contributed by atoms with Crippen LogP contribution in [-0.2, 0) is 4.74 Å². The number of ether oxygens (including phenoxy) is 1. The van der Waals surface area contributed by atoms with E-state index in [-0.39, 0.29) is 12.7 Å². The summed E-state index contributed by atoms with van der Waals surface area (Å²) >= 11 is 0. The Kier molecular flexibility index (Phi) is 5.51. The maximum atomic E-state index is 11.7. The van der Waals surface area contributed by atoms with E-state index in [1.807, 2.05) is 0 Å². The first kappa shape index (κ1) is 13.7. The quantitative estimate of drug-likeness (QED) is 0.739. The second-order valence-corrected chi connectivity index (χ2v) is 4.12. The second-order valence-electron chi connectivity index (χ2n) is 4.12. The Morgan fingerprint density at radius 2 is 2.12 bits per heavy atom. The van der Waals surface area contributed by atoms with Crippen molar-refractivity contribution in [3.05, 3.63) is 0 Å². The average molecular weight is 241 g/mol. The highest BCUT2D eigenvalue weighted by Gasteiger charge is 2.27. The van der Waals surface area contributed by atoms with Gasteiger partial charge >= 0.3 is 6.18 Å². The van der Waals surface area contributed by atoms with Crippen molar-refractivity contribution in [3.8, 4) is 0 Å². The molecule has 0 aliphatic carbocycles. The van der Waals surface area contributed by atoms with E-state index in [0.717, 1.165) is 19.4 Å². The van der Waals surface area contributed by atoms with Gasteiger partial charge in [0.1, 0.15) is 6.61 Å². The van der Waals surface area contributed by atoms with Gasteiger partial charge in [0.2, 0.25) is 0 Å². The van der Waals surface area contributed by atoms with Gasteiger partial charge in [-0.3, -0.25) is 0 Å². The molecule has 16 heavy (non-hydrogen) atoms. The number of aliphatic hydroxyl groups is 1. The van der Waals surface area contributed by atoms with Gasteiger partial charge in [0.15, 0.2) is 0 Å². The molecule has 96 valence electrons. The third-order valence-corrected chi connectivity index (χ3v) is 2.51. The number of hydrogen-bond acceptors (Lipinski definition) is 3. The summed E-state index contributed by atoms with van der Waals surface area (Å²) in [5.41, 5.74) is 0. The monoisotopic (exact) mass is 241 g/mol. The van der Waals surface area contributed by atoms with E-state index < -0.39 is 12.8 Å². The van der Waals surface area contributed by atoms with Crippen LogP contribution in [0, 0.1) is 0 Å². The predicted molar refractivity (Wildman–Crippen MR) is 53.2 cm³/mol. The standard InChI is InChI=1S/C10H18F3NO2/c11-10(12,13)8-16-6-2-5-14-4-1-3-9(15)7-14/h9,15H,1-8H2/t9-/m0/s1. The molecule has 1 aliphatic heterocycles. The Morgan fingerprint density at radius 1 is 1.38 bits per heavy atom. The third kappa shape index (κ3) is 6.30. The lowest BCUT2D eigenvalue weighted by Gasteiger charge is -2.29. The first-order valence-corrected chi connectivity index (χ1v) is 5.52. The fourth-order valence-electron chi connectivity index (χ4n) is 1.81. The molecule has 1 atom stereocenters. The van der Waals surface area contributed by atoms with Crippen molar-refractivity contribution < 1.29 is 23.0 Å². The van der Waals surface area contributed by atoms with Crippen LogP contribution in [0.2, 0.25) is 0 Å². The molecule has 0 amide bonds. The van der Waals surface area contributed by atoms with Crippen LogP contribution in [0.4, 0.5) is 13.2 Å². The van der Waals surface area contributed by atoms with Crippen molar-refractivity contribution >= 4 is 0 Å². The number of likely N-dealkylation sites (tertiary alicyclic amines) is 1. The molecule has 1 saturated heterocycles. The Morgan fingerprint density at radius 3 is 2.75 bits per heavy atom. The van der Waals surface area contributed by atoms with Crippen LogP contribution in [0.1, 0.15) is 19.3 Å². The maximum Gasteiger partial charge on any atom is 0.411 e. The summed E-state index contributed by atoms with van der Waals surface area (Å²) in [6.45, 7) is 1.17. The van der Waals surface area contributed by atoms with Crippen molar-refractivity contribution in [2.45, 2.75) is 31.5 Å². The number of aliphatic hydroxyl groups excluding tert-OH is 1. The van der Waals surface area contributed by atoms with Gasteiger partial charge in [0, 0.05) is 19.7 Å². The number of nitrogens with zero attached hydrogens (tertiary/aromatic N) is 1. The molecule has 0 unspecified atom stereocenters. The molecule has 1 N–H and O–H groups in total. The molecule has 3 nitrogen and oxygen atoms in total.